The Hall–Kier alpha value is -0.0800. The van der Waals surface area contributed by atoms with Gasteiger partial charge in [0.05, 0.1) is 5.60 Å². The van der Waals surface area contributed by atoms with Gasteiger partial charge in [0.1, 0.15) is 0 Å². The largest absolute Gasteiger partial charge is 0.389 e. The summed E-state index contributed by atoms with van der Waals surface area (Å²) in [6.07, 6.45) is 5.84. The summed E-state index contributed by atoms with van der Waals surface area (Å²) in [5.74, 6) is 0.565. The van der Waals surface area contributed by atoms with Crippen LogP contribution in [0.3, 0.4) is 0 Å². The molecule has 2 heteroatoms. The molecule has 0 radical (unpaired) electrons. The molecule has 1 aliphatic heterocycles. The van der Waals surface area contributed by atoms with Gasteiger partial charge in [0.25, 0.3) is 0 Å². The van der Waals surface area contributed by atoms with Crippen molar-refractivity contribution in [1.82, 2.24) is 5.32 Å². The molecule has 0 spiro atoms. The molecule has 2 atom stereocenters. The lowest BCUT2D eigenvalue weighted by molar-refractivity contribution is -0.000659. The van der Waals surface area contributed by atoms with Crippen LogP contribution in [0.15, 0.2) is 0 Å². The summed E-state index contributed by atoms with van der Waals surface area (Å²) in [6.45, 7) is 7.39. The Labute approximate surface area is 88.1 Å². The van der Waals surface area contributed by atoms with Gasteiger partial charge in [0, 0.05) is 6.04 Å². The van der Waals surface area contributed by atoms with Crippen molar-refractivity contribution in [3.63, 3.8) is 0 Å². The minimum atomic E-state index is -0.529. The summed E-state index contributed by atoms with van der Waals surface area (Å²) < 4.78 is 0. The molecule has 0 aromatic heterocycles. The van der Waals surface area contributed by atoms with Gasteiger partial charge in [0.15, 0.2) is 0 Å². The number of aliphatic hydroxyl groups is 1. The summed E-state index contributed by atoms with van der Waals surface area (Å²) in [7, 11) is 0. The van der Waals surface area contributed by atoms with Crippen molar-refractivity contribution in [3.8, 4) is 0 Å². The van der Waals surface area contributed by atoms with Crippen LogP contribution in [-0.4, -0.2) is 23.3 Å². The molecule has 0 aliphatic carbocycles. The number of rotatable bonds is 3. The van der Waals surface area contributed by atoms with Gasteiger partial charge >= 0.3 is 0 Å². The van der Waals surface area contributed by atoms with E-state index in [1.165, 1.54) is 19.3 Å². The Morgan fingerprint density at radius 2 is 2.07 bits per heavy atom. The van der Waals surface area contributed by atoms with Crippen molar-refractivity contribution in [2.45, 2.75) is 64.5 Å². The van der Waals surface area contributed by atoms with Crippen LogP contribution in [0.5, 0.6) is 0 Å². The third-order valence-electron chi connectivity index (χ3n) is 3.13. The lowest BCUT2D eigenvalue weighted by Crippen LogP contribution is -2.49. The summed E-state index contributed by atoms with van der Waals surface area (Å²) >= 11 is 0. The van der Waals surface area contributed by atoms with Crippen LogP contribution < -0.4 is 5.32 Å². The number of hydrogen-bond acceptors (Lipinski definition) is 2. The number of hydrogen-bond donors (Lipinski definition) is 2. The highest BCUT2D eigenvalue weighted by Gasteiger charge is 2.32. The number of nitrogens with one attached hydrogen (secondary N) is 1. The first-order chi connectivity index (χ1) is 6.52. The lowest BCUT2D eigenvalue weighted by atomic mass is 9.85. The maximum absolute atomic E-state index is 10.4. The van der Waals surface area contributed by atoms with Gasteiger partial charge in [-0.25, -0.2) is 0 Å². The fourth-order valence-corrected chi connectivity index (χ4v) is 2.53. The van der Waals surface area contributed by atoms with Gasteiger partial charge in [-0.15, -0.1) is 0 Å². The summed E-state index contributed by atoms with van der Waals surface area (Å²) in [5, 5.41) is 13.8. The Morgan fingerprint density at radius 3 is 2.71 bits per heavy atom. The molecule has 14 heavy (non-hydrogen) atoms. The summed E-state index contributed by atoms with van der Waals surface area (Å²) in [6, 6.07) is 0.299. The van der Waals surface area contributed by atoms with E-state index >= 15 is 0 Å². The van der Waals surface area contributed by atoms with Crippen LogP contribution in [0.2, 0.25) is 0 Å². The smallest absolute Gasteiger partial charge is 0.0774 e. The SMILES string of the molecule is CC(C)CC(C)(O)C1CCCCCN1. The molecule has 2 N–H and O–H groups in total. The van der Waals surface area contributed by atoms with Gasteiger partial charge in [-0.1, -0.05) is 26.7 Å². The average Bonchev–Trinajstić information content (AvgIpc) is 2.28. The maximum atomic E-state index is 10.4. The Balaban J connectivity index is 2.50. The van der Waals surface area contributed by atoms with E-state index in [1.54, 1.807) is 0 Å². The standard InChI is InChI=1S/C12H25NO/c1-10(2)9-12(3,14)11-7-5-4-6-8-13-11/h10-11,13-14H,4-9H2,1-3H3. The van der Waals surface area contributed by atoms with E-state index in [0.717, 1.165) is 19.4 Å². The minimum absolute atomic E-state index is 0.299. The quantitative estimate of drug-likeness (QED) is 0.731. The van der Waals surface area contributed by atoms with Crippen molar-refractivity contribution >= 4 is 0 Å². The molecule has 2 nitrogen and oxygen atoms in total. The van der Waals surface area contributed by atoms with Crippen LogP contribution in [0.25, 0.3) is 0 Å². The van der Waals surface area contributed by atoms with Crippen LogP contribution in [0.1, 0.15) is 52.9 Å². The first kappa shape index (κ1) is 12.0. The lowest BCUT2D eigenvalue weighted by Gasteiger charge is -2.34. The predicted molar refractivity (Wildman–Crippen MR) is 60.3 cm³/mol. The fraction of sp³-hybridized carbons (Fsp3) is 1.00. The van der Waals surface area contributed by atoms with Crippen molar-refractivity contribution in [2.75, 3.05) is 6.54 Å². The van der Waals surface area contributed by atoms with Crippen LogP contribution in [-0.2, 0) is 0 Å². The molecular weight excluding hydrogens is 174 g/mol. The molecule has 0 amide bonds. The zero-order chi connectivity index (χ0) is 10.6. The van der Waals surface area contributed by atoms with E-state index in [2.05, 4.69) is 19.2 Å². The molecule has 0 aromatic rings. The first-order valence-electron chi connectivity index (χ1n) is 5.98. The third kappa shape index (κ3) is 3.58. The summed E-state index contributed by atoms with van der Waals surface area (Å²) in [5.41, 5.74) is -0.529. The molecule has 0 saturated carbocycles. The molecule has 0 bridgehead atoms. The Morgan fingerprint density at radius 1 is 1.36 bits per heavy atom. The summed E-state index contributed by atoms with van der Waals surface area (Å²) in [4.78, 5) is 0. The molecular formula is C12H25NO. The fourth-order valence-electron chi connectivity index (χ4n) is 2.53. The molecule has 2 unspecified atom stereocenters. The molecule has 1 saturated heterocycles. The normalized spacial score (nSPS) is 28.5. The van der Waals surface area contributed by atoms with Gasteiger partial charge in [0.2, 0.25) is 0 Å². The minimum Gasteiger partial charge on any atom is -0.389 e. The van der Waals surface area contributed by atoms with Crippen molar-refractivity contribution in [1.29, 1.82) is 0 Å². The first-order valence-corrected chi connectivity index (χ1v) is 5.98. The van der Waals surface area contributed by atoms with E-state index < -0.39 is 5.60 Å². The van der Waals surface area contributed by atoms with Crippen molar-refractivity contribution in [3.05, 3.63) is 0 Å². The van der Waals surface area contributed by atoms with Crippen molar-refractivity contribution in [2.24, 2.45) is 5.92 Å². The molecule has 1 rings (SSSR count). The zero-order valence-electron chi connectivity index (χ0n) is 9.84. The van der Waals surface area contributed by atoms with Gasteiger partial charge in [-0.05, 0) is 38.6 Å². The highest BCUT2D eigenvalue weighted by atomic mass is 16.3. The van der Waals surface area contributed by atoms with Gasteiger partial charge in [-0.3, -0.25) is 0 Å². The zero-order valence-corrected chi connectivity index (χ0v) is 9.84. The van der Waals surface area contributed by atoms with Crippen LogP contribution in [0.4, 0.5) is 0 Å². The Bertz CT molecular complexity index is 158. The second-order valence-corrected chi connectivity index (χ2v) is 5.31. The molecule has 1 fully saturated rings. The maximum Gasteiger partial charge on any atom is 0.0774 e. The van der Waals surface area contributed by atoms with Gasteiger partial charge in [-0.2, -0.15) is 0 Å². The van der Waals surface area contributed by atoms with Crippen molar-refractivity contribution < 1.29 is 5.11 Å². The predicted octanol–water partition coefficient (Wildman–Crippen LogP) is 2.32. The second-order valence-electron chi connectivity index (χ2n) is 5.31. The molecule has 0 aromatic carbocycles. The van der Waals surface area contributed by atoms with Crippen LogP contribution in [0, 0.1) is 5.92 Å². The third-order valence-corrected chi connectivity index (χ3v) is 3.13. The van der Waals surface area contributed by atoms with E-state index in [4.69, 9.17) is 0 Å². The second kappa shape index (κ2) is 5.13. The van der Waals surface area contributed by atoms with E-state index in [9.17, 15) is 5.11 Å². The van der Waals surface area contributed by atoms with Crippen LogP contribution >= 0.6 is 0 Å². The van der Waals surface area contributed by atoms with Gasteiger partial charge < -0.3 is 10.4 Å². The van der Waals surface area contributed by atoms with E-state index in [1.807, 2.05) is 6.92 Å². The molecule has 84 valence electrons. The molecule has 1 heterocycles. The molecule has 1 aliphatic rings. The highest BCUT2D eigenvalue weighted by molar-refractivity contribution is 4.89. The monoisotopic (exact) mass is 199 g/mol. The van der Waals surface area contributed by atoms with E-state index in [-0.39, 0.29) is 0 Å². The topological polar surface area (TPSA) is 32.3 Å². The van der Waals surface area contributed by atoms with E-state index in [0.29, 0.717) is 12.0 Å². The average molecular weight is 199 g/mol. The highest BCUT2D eigenvalue weighted by Crippen LogP contribution is 2.25. The Kier molecular flexibility index (Phi) is 4.39.